The van der Waals surface area contributed by atoms with Crippen LogP contribution >= 0.6 is 0 Å². The SMILES string of the molecule is CC=C[C@@H](C)[C@H]1CC=C2C3=C(CC[C@@]21C)[C@@]1(C)CCC(OC(=O)c2ccccc2)CC1CC3. The summed E-state index contributed by atoms with van der Waals surface area (Å²) in [7, 11) is 0. The molecule has 33 heavy (non-hydrogen) atoms. The average Bonchev–Trinajstić information content (AvgIpc) is 3.17. The Labute approximate surface area is 200 Å². The summed E-state index contributed by atoms with van der Waals surface area (Å²) in [5.74, 6) is 1.84. The van der Waals surface area contributed by atoms with Gasteiger partial charge in [0.05, 0.1) is 5.56 Å². The van der Waals surface area contributed by atoms with Crippen molar-refractivity contribution in [1.29, 1.82) is 0 Å². The van der Waals surface area contributed by atoms with E-state index < -0.39 is 0 Å². The van der Waals surface area contributed by atoms with E-state index in [1.807, 2.05) is 30.3 Å². The molecular formula is C31H40O2. The van der Waals surface area contributed by atoms with E-state index in [-0.39, 0.29) is 17.5 Å². The second kappa shape index (κ2) is 8.60. The number of rotatable bonds is 4. The van der Waals surface area contributed by atoms with Crippen LogP contribution in [0.15, 0.2) is 65.3 Å². The first-order valence-electron chi connectivity index (χ1n) is 13.2. The highest BCUT2D eigenvalue weighted by molar-refractivity contribution is 5.89. The fourth-order valence-corrected chi connectivity index (χ4v) is 7.99. The minimum Gasteiger partial charge on any atom is -0.459 e. The van der Waals surface area contributed by atoms with Gasteiger partial charge in [0.25, 0.3) is 0 Å². The quantitative estimate of drug-likeness (QED) is 0.347. The molecule has 176 valence electrons. The molecular weight excluding hydrogens is 404 g/mol. The van der Waals surface area contributed by atoms with Crippen LogP contribution in [0.4, 0.5) is 0 Å². The molecule has 0 spiro atoms. The number of ether oxygens (including phenoxy) is 1. The lowest BCUT2D eigenvalue weighted by atomic mass is 9.51. The first-order valence-corrected chi connectivity index (χ1v) is 13.2. The molecule has 0 N–H and O–H groups in total. The van der Waals surface area contributed by atoms with Gasteiger partial charge in [-0.05, 0) is 110 Å². The molecule has 1 aromatic carbocycles. The summed E-state index contributed by atoms with van der Waals surface area (Å²) >= 11 is 0. The standard InChI is InChI=1S/C31H40O2/c1-5-9-21(2)26-14-15-27-25-13-12-23-20-24(33-29(32)22-10-7-6-8-11-22)16-18-30(23,3)28(25)17-19-31(26,27)4/h5-11,15,21,23-24,26H,12-14,16-20H2,1-4H3/t21-,23?,24?,26-,30+,31-/m1/s1. The Morgan fingerprint density at radius 2 is 1.88 bits per heavy atom. The molecule has 0 heterocycles. The van der Waals surface area contributed by atoms with Gasteiger partial charge >= 0.3 is 5.97 Å². The van der Waals surface area contributed by atoms with Crippen LogP contribution < -0.4 is 0 Å². The molecule has 1 aromatic rings. The van der Waals surface area contributed by atoms with Crippen molar-refractivity contribution in [1.82, 2.24) is 0 Å². The highest BCUT2D eigenvalue weighted by Crippen LogP contribution is 2.64. The fraction of sp³-hybridized carbons (Fsp3) is 0.581. The zero-order valence-electron chi connectivity index (χ0n) is 20.9. The number of carbonyl (C=O) groups is 1. The van der Waals surface area contributed by atoms with E-state index in [0.29, 0.717) is 22.8 Å². The monoisotopic (exact) mass is 444 g/mol. The number of esters is 1. The van der Waals surface area contributed by atoms with Gasteiger partial charge in [-0.25, -0.2) is 4.79 Å². The van der Waals surface area contributed by atoms with Crippen molar-refractivity contribution in [2.24, 2.45) is 28.6 Å². The summed E-state index contributed by atoms with van der Waals surface area (Å²) in [5, 5.41) is 0. The molecule has 6 atom stereocenters. The Balaban J connectivity index is 1.33. The zero-order chi connectivity index (χ0) is 23.2. The maximum Gasteiger partial charge on any atom is 0.338 e. The Hall–Kier alpha value is -2.09. The summed E-state index contributed by atoms with van der Waals surface area (Å²) in [5.41, 5.74) is 6.46. The Bertz CT molecular complexity index is 999. The first kappa shape index (κ1) is 22.7. The fourth-order valence-electron chi connectivity index (χ4n) is 7.99. The number of allylic oxidation sites excluding steroid dienone is 6. The molecule has 2 nitrogen and oxygen atoms in total. The lowest BCUT2D eigenvalue weighted by molar-refractivity contribution is -0.0123. The van der Waals surface area contributed by atoms with E-state index in [1.54, 1.807) is 16.7 Å². The molecule has 0 radical (unpaired) electrons. The molecule has 0 aliphatic heterocycles. The van der Waals surface area contributed by atoms with Crippen molar-refractivity contribution in [3.63, 3.8) is 0 Å². The van der Waals surface area contributed by atoms with Crippen LogP contribution in [-0.4, -0.2) is 12.1 Å². The zero-order valence-corrected chi connectivity index (χ0v) is 20.9. The Kier molecular flexibility index (Phi) is 5.91. The lowest BCUT2D eigenvalue weighted by Gasteiger charge is -2.54. The van der Waals surface area contributed by atoms with Gasteiger partial charge in [-0.15, -0.1) is 0 Å². The van der Waals surface area contributed by atoms with Gasteiger partial charge in [0, 0.05) is 0 Å². The second-order valence-electron chi connectivity index (χ2n) is 11.5. The molecule has 0 bridgehead atoms. The highest BCUT2D eigenvalue weighted by atomic mass is 16.5. The van der Waals surface area contributed by atoms with Gasteiger partial charge in [-0.3, -0.25) is 0 Å². The van der Waals surface area contributed by atoms with Crippen molar-refractivity contribution in [3.8, 4) is 0 Å². The van der Waals surface area contributed by atoms with E-state index in [4.69, 9.17) is 4.74 Å². The number of hydrogen-bond donors (Lipinski definition) is 0. The molecule has 2 unspecified atom stereocenters. The highest BCUT2D eigenvalue weighted by Gasteiger charge is 2.53. The van der Waals surface area contributed by atoms with E-state index >= 15 is 0 Å². The minimum absolute atomic E-state index is 0.0588. The van der Waals surface area contributed by atoms with Crippen LogP contribution in [0.25, 0.3) is 0 Å². The molecule has 4 aliphatic carbocycles. The van der Waals surface area contributed by atoms with Crippen molar-refractivity contribution in [3.05, 3.63) is 70.8 Å². The smallest absolute Gasteiger partial charge is 0.338 e. The molecule has 1 saturated carbocycles. The normalized spacial score (nSPS) is 36.6. The van der Waals surface area contributed by atoms with Gasteiger partial charge < -0.3 is 4.74 Å². The van der Waals surface area contributed by atoms with Gasteiger partial charge in [0.1, 0.15) is 6.10 Å². The van der Waals surface area contributed by atoms with Crippen LogP contribution in [0.5, 0.6) is 0 Å². The maximum atomic E-state index is 12.6. The van der Waals surface area contributed by atoms with Crippen LogP contribution in [-0.2, 0) is 4.74 Å². The van der Waals surface area contributed by atoms with Gasteiger partial charge in [0.2, 0.25) is 0 Å². The first-order chi connectivity index (χ1) is 15.9. The van der Waals surface area contributed by atoms with Crippen LogP contribution in [0, 0.1) is 28.6 Å². The number of hydrogen-bond acceptors (Lipinski definition) is 2. The van der Waals surface area contributed by atoms with Crippen molar-refractivity contribution >= 4 is 5.97 Å². The molecule has 0 saturated heterocycles. The van der Waals surface area contributed by atoms with Crippen LogP contribution in [0.1, 0.15) is 89.4 Å². The van der Waals surface area contributed by atoms with Crippen LogP contribution in [0.3, 0.4) is 0 Å². The molecule has 0 amide bonds. The summed E-state index contributed by atoms with van der Waals surface area (Å²) in [6.45, 7) is 9.64. The summed E-state index contributed by atoms with van der Waals surface area (Å²) in [6.07, 6.45) is 16.7. The largest absolute Gasteiger partial charge is 0.459 e. The van der Waals surface area contributed by atoms with Gasteiger partial charge in [-0.2, -0.15) is 0 Å². The molecule has 2 heteroatoms. The molecule has 4 aliphatic rings. The lowest BCUT2D eigenvalue weighted by Crippen LogP contribution is -2.44. The predicted molar refractivity (Wildman–Crippen MR) is 135 cm³/mol. The van der Waals surface area contributed by atoms with Crippen molar-refractivity contribution in [2.75, 3.05) is 0 Å². The topological polar surface area (TPSA) is 26.3 Å². The van der Waals surface area contributed by atoms with Crippen LogP contribution in [0.2, 0.25) is 0 Å². The van der Waals surface area contributed by atoms with E-state index in [2.05, 4.69) is 45.9 Å². The third-order valence-corrected chi connectivity index (χ3v) is 9.87. The molecule has 0 aromatic heterocycles. The minimum atomic E-state index is -0.161. The van der Waals surface area contributed by atoms with Gasteiger partial charge in [0.15, 0.2) is 0 Å². The molecule has 1 fully saturated rings. The number of carbonyl (C=O) groups excluding carboxylic acids is 1. The maximum absolute atomic E-state index is 12.6. The summed E-state index contributed by atoms with van der Waals surface area (Å²) in [6, 6.07) is 9.45. The van der Waals surface area contributed by atoms with E-state index in [9.17, 15) is 4.79 Å². The Morgan fingerprint density at radius 1 is 1.09 bits per heavy atom. The Morgan fingerprint density at radius 3 is 2.64 bits per heavy atom. The van der Waals surface area contributed by atoms with Crippen molar-refractivity contribution < 1.29 is 9.53 Å². The van der Waals surface area contributed by atoms with Crippen molar-refractivity contribution in [2.45, 2.75) is 85.2 Å². The predicted octanol–water partition coefficient (Wildman–Crippen LogP) is 8.07. The third kappa shape index (κ3) is 3.74. The third-order valence-electron chi connectivity index (χ3n) is 9.87. The van der Waals surface area contributed by atoms with E-state index in [0.717, 1.165) is 25.2 Å². The van der Waals surface area contributed by atoms with E-state index in [1.165, 1.54) is 32.1 Å². The van der Waals surface area contributed by atoms with Gasteiger partial charge in [-0.1, -0.05) is 62.8 Å². The molecule has 5 rings (SSSR count). The summed E-state index contributed by atoms with van der Waals surface area (Å²) < 4.78 is 5.98. The summed E-state index contributed by atoms with van der Waals surface area (Å²) in [4.78, 5) is 12.6. The second-order valence-corrected chi connectivity index (χ2v) is 11.5. The number of fused-ring (bicyclic) bond motifs is 4. The average molecular weight is 445 g/mol. The number of benzene rings is 1.